The van der Waals surface area contributed by atoms with E-state index in [9.17, 15) is 9.00 Å². The summed E-state index contributed by atoms with van der Waals surface area (Å²) in [7, 11) is -1.15. The van der Waals surface area contributed by atoms with Gasteiger partial charge < -0.3 is 14.8 Å². The van der Waals surface area contributed by atoms with E-state index in [0.717, 1.165) is 44.2 Å². The van der Waals surface area contributed by atoms with E-state index in [1.807, 2.05) is 50.2 Å². The zero-order chi connectivity index (χ0) is 23.3. The Morgan fingerprint density at radius 1 is 1.06 bits per heavy atom. The second-order valence-corrected chi connectivity index (χ2v) is 9.57. The van der Waals surface area contributed by atoms with Crippen molar-refractivity contribution in [1.82, 2.24) is 9.72 Å². The van der Waals surface area contributed by atoms with Crippen molar-refractivity contribution in [3.8, 4) is 11.1 Å². The van der Waals surface area contributed by atoms with E-state index in [4.69, 9.17) is 10.3 Å². The van der Waals surface area contributed by atoms with Gasteiger partial charge in [-0.25, -0.2) is 0 Å². The van der Waals surface area contributed by atoms with Crippen LogP contribution in [0, 0.1) is 13.8 Å². The van der Waals surface area contributed by atoms with Crippen LogP contribution in [0.2, 0.25) is 0 Å². The average molecular weight is 458 g/mol. The van der Waals surface area contributed by atoms with Crippen LogP contribution in [-0.2, 0) is 17.3 Å². The second kappa shape index (κ2) is 8.01. The highest BCUT2D eigenvalue weighted by Gasteiger charge is 2.22. The van der Waals surface area contributed by atoms with Gasteiger partial charge in [-0.2, -0.15) is 0 Å². The first kappa shape index (κ1) is 21.2. The van der Waals surface area contributed by atoms with Crippen LogP contribution in [0.15, 0.2) is 70.1 Å². The van der Waals surface area contributed by atoms with E-state index in [-0.39, 0.29) is 0 Å². The number of nitrogens with zero attached hydrogens (tertiary/aromatic N) is 2. The summed E-state index contributed by atoms with van der Waals surface area (Å²) < 4.78 is 19.8. The maximum Gasteiger partial charge on any atom is 0.249 e. The van der Waals surface area contributed by atoms with Crippen molar-refractivity contribution in [3.05, 3.63) is 83.2 Å². The zero-order valence-corrected chi connectivity index (χ0v) is 19.4. The van der Waals surface area contributed by atoms with Crippen LogP contribution in [0.5, 0.6) is 0 Å². The second-order valence-electron chi connectivity index (χ2n) is 8.19. The molecule has 0 aliphatic heterocycles. The topological polar surface area (TPSA) is 91.1 Å². The van der Waals surface area contributed by atoms with Gasteiger partial charge in [0.1, 0.15) is 5.76 Å². The number of primary amides is 1. The minimum Gasteiger partial charge on any atom is -0.366 e. The van der Waals surface area contributed by atoms with E-state index in [1.54, 1.807) is 12.3 Å². The molecule has 5 rings (SSSR count). The SMILES string of the molecule is Cc1noc(C)c1-c1cc(C(N)=O)c2c3cc(S(C)=O)ccc3n(Cc3ccccc3)c2c1. The lowest BCUT2D eigenvalue weighted by molar-refractivity contribution is 0.100. The third kappa shape index (κ3) is 3.54. The number of amides is 1. The summed E-state index contributed by atoms with van der Waals surface area (Å²) in [6.07, 6.45) is 1.65. The molecular formula is C26H23N3O3S. The summed E-state index contributed by atoms with van der Waals surface area (Å²) >= 11 is 0. The van der Waals surface area contributed by atoms with Crippen molar-refractivity contribution in [2.45, 2.75) is 25.3 Å². The molecule has 2 aromatic heterocycles. The lowest BCUT2D eigenvalue weighted by Crippen LogP contribution is -2.12. The van der Waals surface area contributed by atoms with Gasteiger partial charge in [0, 0.05) is 55.9 Å². The molecule has 0 radical (unpaired) electrons. The first-order valence-corrected chi connectivity index (χ1v) is 12.1. The maximum absolute atomic E-state index is 12.7. The number of fused-ring (bicyclic) bond motifs is 3. The van der Waals surface area contributed by atoms with Gasteiger partial charge in [0.2, 0.25) is 5.91 Å². The fourth-order valence-electron chi connectivity index (χ4n) is 4.55. The average Bonchev–Trinajstić information content (AvgIpc) is 3.30. The van der Waals surface area contributed by atoms with Gasteiger partial charge in [-0.15, -0.1) is 0 Å². The smallest absolute Gasteiger partial charge is 0.249 e. The van der Waals surface area contributed by atoms with Crippen molar-refractivity contribution in [1.29, 1.82) is 0 Å². The quantitative estimate of drug-likeness (QED) is 0.404. The maximum atomic E-state index is 12.7. The number of hydrogen-bond donors (Lipinski definition) is 1. The van der Waals surface area contributed by atoms with Crippen LogP contribution in [0.25, 0.3) is 32.9 Å². The molecular weight excluding hydrogens is 434 g/mol. The molecule has 0 saturated carbocycles. The molecule has 0 bridgehead atoms. The number of rotatable bonds is 5. The normalized spacial score (nSPS) is 12.5. The summed E-state index contributed by atoms with van der Waals surface area (Å²) in [4.78, 5) is 13.4. The van der Waals surface area contributed by atoms with Gasteiger partial charge >= 0.3 is 0 Å². The van der Waals surface area contributed by atoms with Crippen molar-refractivity contribution in [2.24, 2.45) is 5.73 Å². The largest absolute Gasteiger partial charge is 0.366 e. The molecule has 3 aromatic carbocycles. The number of carbonyl (C=O) groups excluding carboxylic acids is 1. The number of aromatic nitrogens is 2. The highest BCUT2D eigenvalue weighted by Crippen LogP contribution is 2.38. The van der Waals surface area contributed by atoms with E-state index < -0.39 is 16.7 Å². The number of aryl methyl sites for hydroxylation is 2. The van der Waals surface area contributed by atoms with E-state index in [0.29, 0.717) is 22.8 Å². The summed E-state index contributed by atoms with van der Waals surface area (Å²) in [6, 6.07) is 19.7. The molecule has 0 saturated heterocycles. The molecule has 2 N–H and O–H groups in total. The Morgan fingerprint density at radius 2 is 1.82 bits per heavy atom. The van der Waals surface area contributed by atoms with Crippen LogP contribution in [0.4, 0.5) is 0 Å². The Morgan fingerprint density at radius 3 is 2.45 bits per heavy atom. The molecule has 0 spiro atoms. The van der Waals surface area contributed by atoms with E-state index in [2.05, 4.69) is 27.9 Å². The fraction of sp³-hybridized carbons (Fsp3) is 0.154. The first-order valence-electron chi connectivity index (χ1n) is 10.6. The highest BCUT2D eigenvalue weighted by atomic mass is 32.2. The molecule has 5 aromatic rings. The minimum absolute atomic E-state index is 0.415. The Bertz CT molecular complexity index is 1550. The fourth-order valence-corrected chi connectivity index (χ4v) is 5.10. The van der Waals surface area contributed by atoms with Gasteiger partial charge in [-0.1, -0.05) is 35.5 Å². The van der Waals surface area contributed by atoms with Gasteiger partial charge in [-0.3, -0.25) is 9.00 Å². The summed E-state index contributed by atoms with van der Waals surface area (Å²) in [5, 5.41) is 5.69. The van der Waals surface area contributed by atoms with Gasteiger partial charge in [0.05, 0.1) is 11.2 Å². The standard InChI is InChI=1S/C26H23N3O3S/c1-15-24(16(2)32-28-15)18-11-21(26(27)30)25-20-13-19(33(3)31)9-10-22(20)29(23(25)12-18)14-17-7-5-4-6-8-17/h4-13H,14H2,1-3H3,(H2,27,30). The van der Waals surface area contributed by atoms with Crippen LogP contribution in [0.1, 0.15) is 27.4 Å². The van der Waals surface area contributed by atoms with Crippen molar-refractivity contribution >= 4 is 38.5 Å². The lowest BCUT2D eigenvalue weighted by atomic mass is 9.97. The number of carbonyl (C=O) groups is 1. The van der Waals surface area contributed by atoms with Gasteiger partial charge in [0.25, 0.3) is 0 Å². The Hall–Kier alpha value is -3.71. The molecule has 1 amide bonds. The monoisotopic (exact) mass is 457 g/mol. The Labute approximate surface area is 193 Å². The molecule has 1 unspecified atom stereocenters. The van der Waals surface area contributed by atoms with E-state index >= 15 is 0 Å². The van der Waals surface area contributed by atoms with E-state index in [1.165, 1.54) is 0 Å². The summed E-state index contributed by atoms with van der Waals surface area (Å²) in [6.45, 7) is 4.34. The van der Waals surface area contributed by atoms with Crippen molar-refractivity contribution in [3.63, 3.8) is 0 Å². The third-order valence-electron chi connectivity index (χ3n) is 6.04. The lowest BCUT2D eigenvalue weighted by Gasteiger charge is -2.10. The molecule has 6 nitrogen and oxygen atoms in total. The van der Waals surface area contributed by atoms with Crippen LogP contribution >= 0.6 is 0 Å². The van der Waals surface area contributed by atoms with Gasteiger partial charge in [0.15, 0.2) is 0 Å². The van der Waals surface area contributed by atoms with Crippen molar-refractivity contribution in [2.75, 3.05) is 6.26 Å². The number of benzene rings is 3. The predicted molar refractivity (Wildman–Crippen MR) is 131 cm³/mol. The molecule has 7 heteroatoms. The molecule has 1 atom stereocenters. The summed E-state index contributed by atoms with van der Waals surface area (Å²) in [5.74, 6) is 0.159. The van der Waals surface area contributed by atoms with Crippen molar-refractivity contribution < 1.29 is 13.5 Å². The minimum atomic E-state index is -1.15. The predicted octanol–water partition coefficient (Wildman–Crippen LogP) is 4.95. The number of hydrogen-bond acceptors (Lipinski definition) is 4. The number of nitrogens with two attached hydrogens (primary N) is 1. The Kier molecular flexibility index (Phi) is 5.13. The molecule has 0 fully saturated rings. The zero-order valence-electron chi connectivity index (χ0n) is 18.6. The van der Waals surface area contributed by atoms with Gasteiger partial charge in [-0.05, 0) is 55.3 Å². The molecule has 0 aliphatic carbocycles. The first-order chi connectivity index (χ1) is 15.8. The molecule has 33 heavy (non-hydrogen) atoms. The van der Waals surface area contributed by atoms with Crippen LogP contribution in [0.3, 0.4) is 0 Å². The molecule has 166 valence electrons. The highest BCUT2D eigenvalue weighted by molar-refractivity contribution is 7.84. The van der Waals surface area contributed by atoms with Crippen LogP contribution < -0.4 is 5.73 Å². The van der Waals surface area contributed by atoms with Crippen LogP contribution in [-0.4, -0.2) is 26.1 Å². The summed E-state index contributed by atoms with van der Waals surface area (Å²) in [5.41, 5.74) is 11.7. The Balaban J connectivity index is 1.91. The third-order valence-corrected chi connectivity index (χ3v) is 6.96. The molecule has 2 heterocycles. The molecule has 0 aliphatic rings.